The number of carbonyl (C=O) groups is 1. The second kappa shape index (κ2) is 8.39. The number of carbonyl (C=O) groups excluding carboxylic acids is 1. The van der Waals surface area contributed by atoms with Gasteiger partial charge in [0.25, 0.3) is 5.91 Å². The number of amidine groups is 2. The zero-order chi connectivity index (χ0) is 22.1. The number of aromatic nitrogens is 2. The summed E-state index contributed by atoms with van der Waals surface area (Å²) in [6.45, 7) is 1.76. The van der Waals surface area contributed by atoms with Crippen molar-refractivity contribution in [1.29, 1.82) is 10.8 Å². The van der Waals surface area contributed by atoms with Crippen LogP contribution >= 0.6 is 11.6 Å². The van der Waals surface area contributed by atoms with E-state index in [1.807, 2.05) is 6.92 Å². The van der Waals surface area contributed by atoms with E-state index in [1.54, 1.807) is 6.07 Å². The molecule has 3 rings (SSSR count). The summed E-state index contributed by atoms with van der Waals surface area (Å²) in [6.07, 6.45) is -1.25. The van der Waals surface area contributed by atoms with E-state index in [0.29, 0.717) is 6.42 Å². The Morgan fingerprint density at radius 3 is 2.53 bits per heavy atom. The summed E-state index contributed by atoms with van der Waals surface area (Å²) >= 11 is 5.97. The fourth-order valence-corrected chi connectivity index (χ4v) is 3.51. The number of hydrogen-bond donors (Lipinski definition) is 2. The van der Waals surface area contributed by atoms with Gasteiger partial charge in [0, 0.05) is 25.5 Å². The minimum Gasteiger partial charge on any atom is -0.327 e. The van der Waals surface area contributed by atoms with Gasteiger partial charge in [-0.15, -0.1) is 0 Å². The second-order valence-electron chi connectivity index (χ2n) is 6.65. The third-order valence-electron chi connectivity index (χ3n) is 4.81. The van der Waals surface area contributed by atoms with E-state index in [-0.39, 0.29) is 30.3 Å². The molecule has 7 nitrogen and oxygen atoms in total. The maximum absolute atomic E-state index is 13.1. The summed E-state index contributed by atoms with van der Waals surface area (Å²) in [5, 5.41) is 16.0. The van der Waals surface area contributed by atoms with Gasteiger partial charge in [0.05, 0.1) is 16.6 Å². The van der Waals surface area contributed by atoms with Crippen molar-refractivity contribution in [2.24, 2.45) is 0 Å². The van der Waals surface area contributed by atoms with Crippen molar-refractivity contribution < 1.29 is 18.0 Å². The predicted octanol–water partition coefficient (Wildman–Crippen LogP) is 3.57. The minimum atomic E-state index is -4.61. The Morgan fingerprint density at radius 2 is 1.93 bits per heavy atom. The van der Waals surface area contributed by atoms with Gasteiger partial charge in [-0.25, -0.2) is 9.97 Å². The van der Waals surface area contributed by atoms with Gasteiger partial charge in [-0.05, 0) is 24.1 Å². The van der Waals surface area contributed by atoms with E-state index in [2.05, 4.69) is 9.97 Å². The second-order valence-corrected chi connectivity index (χ2v) is 7.03. The molecule has 0 saturated carbocycles. The number of piperazine rings is 1. The number of halogens is 4. The third kappa shape index (κ3) is 4.13. The van der Waals surface area contributed by atoms with Gasteiger partial charge < -0.3 is 9.80 Å². The lowest BCUT2D eigenvalue weighted by molar-refractivity contribution is -0.137. The van der Waals surface area contributed by atoms with E-state index >= 15 is 0 Å². The Balaban J connectivity index is 1.87. The summed E-state index contributed by atoms with van der Waals surface area (Å²) in [5.41, 5.74) is -0.833. The average Bonchev–Trinajstić information content (AvgIpc) is 2.72. The maximum Gasteiger partial charge on any atom is 0.417 e. The van der Waals surface area contributed by atoms with Crippen molar-refractivity contribution in [3.63, 3.8) is 0 Å². The molecule has 1 atom stereocenters. The highest BCUT2D eigenvalue weighted by Crippen LogP contribution is 2.37. The molecule has 1 aromatic carbocycles. The normalized spacial score (nSPS) is 17.4. The quantitative estimate of drug-likeness (QED) is 0.563. The Hall–Kier alpha value is -3.01. The third-order valence-corrected chi connectivity index (χ3v) is 5.26. The van der Waals surface area contributed by atoms with Crippen LogP contribution in [-0.4, -0.2) is 49.9 Å². The molecule has 1 aliphatic rings. The number of amides is 1. The van der Waals surface area contributed by atoms with Crippen LogP contribution in [0.2, 0.25) is 5.02 Å². The molecule has 1 aromatic heterocycles. The summed E-state index contributed by atoms with van der Waals surface area (Å²) in [7, 11) is 0. The number of alkyl halides is 3. The molecule has 2 aromatic rings. The fourth-order valence-electron chi connectivity index (χ4n) is 3.22. The molecule has 0 radical (unpaired) electrons. The molecule has 158 valence electrons. The highest BCUT2D eigenvalue weighted by Gasteiger charge is 2.39. The van der Waals surface area contributed by atoms with Crippen LogP contribution in [0.5, 0.6) is 0 Å². The molecule has 0 bridgehead atoms. The molecule has 0 aliphatic carbocycles. The summed E-state index contributed by atoms with van der Waals surface area (Å²) in [5.74, 6) is -1.30. The van der Waals surface area contributed by atoms with Crippen molar-refractivity contribution in [3.05, 3.63) is 58.6 Å². The van der Waals surface area contributed by atoms with Gasteiger partial charge in [-0.2, -0.15) is 13.2 Å². The molecule has 2 heterocycles. The van der Waals surface area contributed by atoms with Crippen molar-refractivity contribution in [2.45, 2.75) is 32.1 Å². The van der Waals surface area contributed by atoms with E-state index in [9.17, 15) is 18.0 Å². The van der Waals surface area contributed by atoms with Gasteiger partial charge in [0.2, 0.25) is 0 Å². The molecule has 1 unspecified atom stereocenters. The van der Waals surface area contributed by atoms with E-state index in [0.717, 1.165) is 6.07 Å². The maximum atomic E-state index is 13.1. The fraction of sp³-hybridized carbons (Fsp3) is 0.316. The summed E-state index contributed by atoms with van der Waals surface area (Å²) in [4.78, 5) is 23.4. The van der Waals surface area contributed by atoms with Crippen LogP contribution in [0.15, 0.2) is 36.7 Å². The average molecular weight is 439 g/mol. The molecular formula is C19H18ClF3N6O. The van der Waals surface area contributed by atoms with Crippen LogP contribution in [0.4, 0.5) is 13.2 Å². The Kier molecular flexibility index (Phi) is 6.06. The zero-order valence-electron chi connectivity index (χ0n) is 15.9. The lowest BCUT2D eigenvalue weighted by Crippen LogP contribution is -2.60. The Labute approximate surface area is 175 Å². The van der Waals surface area contributed by atoms with E-state index in [4.69, 9.17) is 22.4 Å². The molecule has 1 amide bonds. The molecular weight excluding hydrogens is 421 g/mol. The number of hydrogen-bond acceptors (Lipinski definition) is 5. The predicted molar refractivity (Wildman–Crippen MR) is 104 cm³/mol. The van der Waals surface area contributed by atoms with Crippen LogP contribution in [0.1, 0.15) is 30.3 Å². The molecule has 1 saturated heterocycles. The lowest BCUT2D eigenvalue weighted by Gasteiger charge is -2.41. The SMILES string of the molecule is CCC1CN(C(=N)c2ncccn2)C(=N)C(=O)N1Cc1cccc(C(F)(F)F)c1Cl. The van der Waals surface area contributed by atoms with Gasteiger partial charge in [-0.3, -0.25) is 15.6 Å². The molecule has 0 spiro atoms. The van der Waals surface area contributed by atoms with E-state index < -0.39 is 34.5 Å². The van der Waals surface area contributed by atoms with Gasteiger partial charge in [-0.1, -0.05) is 30.7 Å². The number of rotatable bonds is 4. The van der Waals surface area contributed by atoms with Crippen LogP contribution in [0, 0.1) is 10.8 Å². The molecule has 11 heteroatoms. The van der Waals surface area contributed by atoms with Gasteiger partial charge in [0.15, 0.2) is 17.5 Å². The number of nitrogens with zero attached hydrogens (tertiary/aromatic N) is 4. The van der Waals surface area contributed by atoms with Crippen molar-refractivity contribution in [2.75, 3.05) is 6.54 Å². The first kappa shape index (κ1) is 21.7. The Morgan fingerprint density at radius 1 is 1.27 bits per heavy atom. The standard InChI is InChI=1S/C19H18ClF3N6O/c1-2-12-10-29(15(24)17-26-7-4-8-27-17)16(25)18(30)28(12)9-11-5-3-6-13(14(11)20)19(21,22)23/h3-8,12,24-25H,2,9-10H2,1H3. The molecule has 30 heavy (non-hydrogen) atoms. The van der Waals surface area contributed by atoms with Gasteiger partial charge in [0.1, 0.15) is 0 Å². The van der Waals surface area contributed by atoms with Crippen molar-refractivity contribution in [1.82, 2.24) is 19.8 Å². The van der Waals surface area contributed by atoms with Crippen LogP contribution in [-0.2, 0) is 17.5 Å². The largest absolute Gasteiger partial charge is 0.417 e. The first-order chi connectivity index (χ1) is 14.1. The Bertz CT molecular complexity index is 982. The van der Waals surface area contributed by atoms with Crippen LogP contribution in [0.3, 0.4) is 0 Å². The lowest BCUT2D eigenvalue weighted by atomic mass is 10.0. The summed E-state index contributed by atoms with van der Waals surface area (Å²) in [6, 6.07) is 4.68. The monoisotopic (exact) mass is 438 g/mol. The highest BCUT2D eigenvalue weighted by molar-refractivity contribution is 6.40. The van der Waals surface area contributed by atoms with Crippen LogP contribution < -0.4 is 0 Å². The molecule has 2 N–H and O–H groups in total. The van der Waals surface area contributed by atoms with Crippen molar-refractivity contribution in [3.8, 4) is 0 Å². The molecule has 1 aliphatic heterocycles. The minimum absolute atomic E-state index is 0.0688. The molecule has 1 fully saturated rings. The van der Waals surface area contributed by atoms with E-state index in [1.165, 1.54) is 34.3 Å². The topological polar surface area (TPSA) is 97.0 Å². The first-order valence-electron chi connectivity index (χ1n) is 9.02. The smallest absolute Gasteiger partial charge is 0.327 e. The highest BCUT2D eigenvalue weighted by atomic mass is 35.5. The zero-order valence-corrected chi connectivity index (χ0v) is 16.6. The van der Waals surface area contributed by atoms with Crippen LogP contribution in [0.25, 0.3) is 0 Å². The number of benzene rings is 1. The first-order valence-corrected chi connectivity index (χ1v) is 9.40. The summed E-state index contributed by atoms with van der Waals surface area (Å²) < 4.78 is 39.4. The van der Waals surface area contributed by atoms with Crippen molar-refractivity contribution >= 4 is 29.2 Å². The number of nitrogens with one attached hydrogen (secondary N) is 2. The van der Waals surface area contributed by atoms with Gasteiger partial charge >= 0.3 is 6.18 Å².